The van der Waals surface area contributed by atoms with Gasteiger partial charge in [0.05, 0.1) is 12.3 Å². The fourth-order valence-corrected chi connectivity index (χ4v) is 5.36. The van der Waals surface area contributed by atoms with E-state index in [4.69, 9.17) is 4.74 Å². The second-order valence-corrected chi connectivity index (χ2v) is 9.36. The van der Waals surface area contributed by atoms with Gasteiger partial charge in [0.1, 0.15) is 18.2 Å². The Bertz CT molecular complexity index is 885. The van der Waals surface area contributed by atoms with Crippen LogP contribution in [0.2, 0.25) is 0 Å². The van der Waals surface area contributed by atoms with Gasteiger partial charge < -0.3 is 9.64 Å². The Labute approximate surface area is 166 Å². The zero-order valence-electron chi connectivity index (χ0n) is 15.9. The van der Waals surface area contributed by atoms with Crippen molar-refractivity contribution in [2.75, 3.05) is 31.1 Å². The molecule has 0 aliphatic carbocycles. The monoisotopic (exact) mass is 402 g/mol. The highest BCUT2D eigenvalue weighted by molar-refractivity contribution is 7.88. The van der Waals surface area contributed by atoms with Gasteiger partial charge in [0, 0.05) is 25.7 Å². The second kappa shape index (κ2) is 8.45. The molecule has 2 aromatic rings. The molecular weight excluding hydrogens is 376 g/mol. The highest BCUT2D eigenvalue weighted by atomic mass is 32.2. The fraction of sp³-hybridized carbons (Fsp3) is 0.500. The molecule has 8 heteroatoms. The molecule has 1 atom stereocenters. The molecule has 1 aromatic heterocycles. The van der Waals surface area contributed by atoms with Gasteiger partial charge in [0.15, 0.2) is 0 Å². The SMILES string of the molecule is O=S(=O)(Cc1ccccc1)N1CCC(Oc2cc(N3CCCCC3)ncn2)C1. The molecule has 2 aliphatic rings. The van der Waals surface area contributed by atoms with Crippen molar-refractivity contribution in [3.8, 4) is 5.88 Å². The van der Waals surface area contributed by atoms with Crippen molar-refractivity contribution in [3.05, 3.63) is 48.3 Å². The number of sulfonamides is 1. The summed E-state index contributed by atoms with van der Waals surface area (Å²) in [6, 6.07) is 11.1. The Morgan fingerprint density at radius 2 is 1.82 bits per heavy atom. The molecule has 3 heterocycles. The molecule has 150 valence electrons. The van der Waals surface area contributed by atoms with E-state index in [9.17, 15) is 8.42 Å². The summed E-state index contributed by atoms with van der Waals surface area (Å²) in [5, 5.41) is 0. The van der Waals surface area contributed by atoms with Crippen LogP contribution in [-0.4, -0.2) is 55.0 Å². The van der Waals surface area contributed by atoms with E-state index in [1.807, 2.05) is 36.4 Å². The van der Waals surface area contributed by atoms with Crippen molar-refractivity contribution in [1.29, 1.82) is 0 Å². The van der Waals surface area contributed by atoms with Crippen LogP contribution in [0.15, 0.2) is 42.7 Å². The predicted molar refractivity (Wildman–Crippen MR) is 108 cm³/mol. The lowest BCUT2D eigenvalue weighted by Crippen LogP contribution is -2.32. The van der Waals surface area contributed by atoms with Gasteiger partial charge in [-0.15, -0.1) is 0 Å². The molecule has 2 fully saturated rings. The number of benzene rings is 1. The van der Waals surface area contributed by atoms with E-state index < -0.39 is 10.0 Å². The first-order valence-corrected chi connectivity index (χ1v) is 11.5. The Morgan fingerprint density at radius 3 is 2.61 bits per heavy atom. The first-order valence-electron chi connectivity index (χ1n) is 9.85. The summed E-state index contributed by atoms with van der Waals surface area (Å²) in [4.78, 5) is 10.8. The van der Waals surface area contributed by atoms with Crippen molar-refractivity contribution >= 4 is 15.8 Å². The van der Waals surface area contributed by atoms with Gasteiger partial charge in [0.2, 0.25) is 15.9 Å². The average molecular weight is 403 g/mol. The van der Waals surface area contributed by atoms with Crippen LogP contribution in [0.1, 0.15) is 31.2 Å². The second-order valence-electron chi connectivity index (χ2n) is 7.39. The molecule has 1 unspecified atom stereocenters. The molecule has 0 saturated carbocycles. The Hall–Kier alpha value is -2.19. The summed E-state index contributed by atoms with van der Waals surface area (Å²) >= 11 is 0. The minimum Gasteiger partial charge on any atom is -0.473 e. The molecule has 1 aromatic carbocycles. The summed E-state index contributed by atoms with van der Waals surface area (Å²) in [5.74, 6) is 1.42. The number of rotatable bonds is 6. The third-order valence-corrected chi connectivity index (χ3v) is 7.10. The summed E-state index contributed by atoms with van der Waals surface area (Å²) in [6.07, 6.45) is 5.62. The van der Waals surface area contributed by atoms with Gasteiger partial charge in [0.25, 0.3) is 0 Å². The molecule has 0 N–H and O–H groups in total. The molecule has 0 bridgehead atoms. The standard InChI is InChI=1S/C20H26N4O3S/c25-28(26,15-17-7-3-1-4-8-17)24-12-9-18(14-24)27-20-13-19(21-16-22-20)23-10-5-2-6-11-23/h1,3-4,7-8,13,16,18H,2,5-6,9-12,14-15H2. The molecule has 0 amide bonds. The molecule has 4 rings (SSSR count). The van der Waals surface area contributed by atoms with E-state index in [1.54, 1.807) is 0 Å². The zero-order valence-corrected chi connectivity index (χ0v) is 16.7. The molecule has 7 nitrogen and oxygen atoms in total. The lowest BCUT2D eigenvalue weighted by molar-refractivity contribution is 0.206. The summed E-state index contributed by atoms with van der Waals surface area (Å²) < 4.78 is 32.9. The van der Waals surface area contributed by atoms with Crippen molar-refractivity contribution in [2.24, 2.45) is 0 Å². The van der Waals surface area contributed by atoms with Gasteiger partial charge in [-0.05, 0) is 31.2 Å². The molecule has 28 heavy (non-hydrogen) atoms. The number of ether oxygens (including phenoxy) is 1. The largest absolute Gasteiger partial charge is 0.473 e. The van der Waals surface area contributed by atoms with E-state index in [0.717, 1.165) is 24.5 Å². The zero-order chi connectivity index (χ0) is 19.4. The van der Waals surface area contributed by atoms with Gasteiger partial charge in [-0.3, -0.25) is 0 Å². The minimum atomic E-state index is -3.35. The first-order chi connectivity index (χ1) is 13.6. The van der Waals surface area contributed by atoms with Crippen molar-refractivity contribution in [3.63, 3.8) is 0 Å². The van der Waals surface area contributed by atoms with Crippen LogP contribution in [0.3, 0.4) is 0 Å². The lowest BCUT2D eigenvalue weighted by atomic mass is 10.1. The summed E-state index contributed by atoms with van der Waals surface area (Å²) in [7, 11) is -3.35. The average Bonchev–Trinajstić information content (AvgIpc) is 3.19. The molecule has 2 saturated heterocycles. The lowest BCUT2D eigenvalue weighted by Gasteiger charge is -2.27. The van der Waals surface area contributed by atoms with Gasteiger partial charge >= 0.3 is 0 Å². The van der Waals surface area contributed by atoms with Crippen LogP contribution >= 0.6 is 0 Å². The number of hydrogen-bond donors (Lipinski definition) is 0. The normalized spacial score (nSPS) is 21.0. The number of anilines is 1. The number of aromatic nitrogens is 2. The molecule has 0 radical (unpaired) electrons. The maximum absolute atomic E-state index is 12.7. The quantitative estimate of drug-likeness (QED) is 0.739. The van der Waals surface area contributed by atoms with Crippen LogP contribution in [0.4, 0.5) is 5.82 Å². The van der Waals surface area contributed by atoms with Crippen LogP contribution in [0, 0.1) is 0 Å². The number of hydrogen-bond acceptors (Lipinski definition) is 6. The highest BCUT2D eigenvalue weighted by Gasteiger charge is 2.33. The molecular formula is C20H26N4O3S. The maximum atomic E-state index is 12.7. The van der Waals surface area contributed by atoms with Crippen LogP contribution in [0.5, 0.6) is 5.88 Å². The predicted octanol–water partition coefficient (Wildman–Crippen LogP) is 2.45. The van der Waals surface area contributed by atoms with E-state index in [2.05, 4.69) is 14.9 Å². The van der Waals surface area contributed by atoms with Gasteiger partial charge in [-0.2, -0.15) is 4.31 Å². The van der Waals surface area contributed by atoms with E-state index in [-0.39, 0.29) is 11.9 Å². The smallest absolute Gasteiger partial charge is 0.218 e. The van der Waals surface area contributed by atoms with E-state index >= 15 is 0 Å². The Morgan fingerprint density at radius 1 is 1.04 bits per heavy atom. The number of nitrogens with zero attached hydrogens (tertiary/aromatic N) is 4. The van der Waals surface area contributed by atoms with Crippen molar-refractivity contribution < 1.29 is 13.2 Å². The minimum absolute atomic E-state index is 0.0210. The Kier molecular flexibility index (Phi) is 5.77. The first kappa shape index (κ1) is 19.1. The summed E-state index contributed by atoms with van der Waals surface area (Å²) in [5.41, 5.74) is 0.800. The van der Waals surface area contributed by atoms with E-state index in [1.165, 1.54) is 29.9 Å². The van der Waals surface area contributed by atoms with Crippen molar-refractivity contribution in [1.82, 2.24) is 14.3 Å². The number of piperidine rings is 1. The van der Waals surface area contributed by atoms with Crippen LogP contribution in [-0.2, 0) is 15.8 Å². The van der Waals surface area contributed by atoms with Gasteiger partial charge in [-0.1, -0.05) is 30.3 Å². The fourth-order valence-electron chi connectivity index (χ4n) is 3.78. The van der Waals surface area contributed by atoms with E-state index in [0.29, 0.717) is 25.4 Å². The topological polar surface area (TPSA) is 75.6 Å². The molecule has 2 aliphatic heterocycles. The third-order valence-electron chi connectivity index (χ3n) is 5.29. The maximum Gasteiger partial charge on any atom is 0.218 e. The molecule has 0 spiro atoms. The Balaban J connectivity index is 1.37. The van der Waals surface area contributed by atoms with Crippen LogP contribution in [0.25, 0.3) is 0 Å². The third kappa shape index (κ3) is 4.62. The van der Waals surface area contributed by atoms with Crippen molar-refractivity contribution in [2.45, 2.75) is 37.5 Å². The van der Waals surface area contributed by atoms with Crippen LogP contribution < -0.4 is 9.64 Å². The van der Waals surface area contributed by atoms with Gasteiger partial charge in [-0.25, -0.2) is 18.4 Å². The summed E-state index contributed by atoms with van der Waals surface area (Å²) in [6.45, 7) is 2.85. The highest BCUT2D eigenvalue weighted by Crippen LogP contribution is 2.24.